The zero-order valence-electron chi connectivity index (χ0n) is 12.4. The van der Waals surface area contributed by atoms with Crippen LogP contribution in [-0.4, -0.2) is 25.4 Å². The van der Waals surface area contributed by atoms with Gasteiger partial charge in [-0.2, -0.15) is 13.2 Å². The van der Waals surface area contributed by atoms with E-state index < -0.39 is 12.6 Å². The Balaban J connectivity index is 2.75. The molecule has 0 fully saturated rings. The predicted molar refractivity (Wildman–Crippen MR) is 75.7 cm³/mol. The molecule has 2 N–H and O–H groups in total. The summed E-state index contributed by atoms with van der Waals surface area (Å²) in [4.78, 5) is 0. The Labute approximate surface area is 123 Å². The summed E-state index contributed by atoms with van der Waals surface area (Å²) in [6.45, 7) is 4.16. The number of alkyl halides is 3. The van der Waals surface area contributed by atoms with Crippen molar-refractivity contribution in [2.45, 2.75) is 45.3 Å². The summed E-state index contributed by atoms with van der Waals surface area (Å²) in [5, 5.41) is 0. The average molecular weight is 305 g/mol. The summed E-state index contributed by atoms with van der Waals surface area (Å²) < 4.78 is 47.4. The maximum atomic E-state index is 12.1. The molecule has 0 aliphatic rings. The van der Waals surface area contributed by atoms with Crippen LogP contribution in [-0.2, 0) is 6.42 Å². The SMILES string of the molecule is CCOc1cccc(CC(C)N)c1OCCCC(F)(F)F. The van der Waals surface area contributed by atoms with Crippen molar-refractivity contribution in [2.24, 2.45) is 5.73 Å². The highest BCUT2D eigenvalue weighted by Crippen LogP contribution is 2.32. The van der Waals surface area contributed by atoms with Crippen molar-refractivity contribution in [3.05, 3.63) is 23.8 Å². The monoisotopic (exact) mass is 305 g/mol. The van der Waals surface area contributed by atoms with Crippen molar-refractivity contribution in [1.29, 1.82) is 0 Å². The minimum atomic E-state index is -4.16. The van der Waals surface area contributed by atoms with Crippen molar-refractivity contribution in [3.8, 4) is 11.5 Å². The number of hydrogen-bond donors (Lipinski definition) is 1. The van der Waals surface area contributed by atoms with Gasteiger partial charge in [0.25, 0.3) is 0 Å². The predicted octanol–water partition coefficient (Wildman–Crippen LogP) is 3.70. The van der Waals surface area contributed by atoms with Crippen LogP contribution in [0, 0.1) is 0 Å². The summed E-state index contributed by atoms with van der Waals surface area (Å²) in [5.41, 5.74) is 6.63. The molecule has 120 valence electrons. The molecule has 0 aliphatic carbocycles. The second-order valence-electron chi connectivity index (χ2n) is 4.93. The molecule has 0 aromatic heterocycles. The Bertz CT molecular complexity index is 433. The third-order valence-corrected chi connectivity index (χ3v) is 2.75. The van der Waals surface area contributed by atoms with Crippen LogP contribution in [0.2, 0.25) is 0 Å². The molecule has 1 unspecified atom stereocenters. The maximum absolute atomic E-state index is 12.1. The normalized spacial score (nSPS) is 13.0. The third kappa shape index (κ3) is 6.71. The lowest BCUT2D eigenvalue weighted by molar-refractivity contribution is -0.136. The Kier molecular flexibility index (Phi) is 6.81. The minimum Gasteiger partial charge on any atom is -0.490 e. The van der Waals surface area contributed by atoms with Crippen LogP contribution in [0.5, 0.6) is 11.5 Å². The van der Waals surface area contributed by atoms with Crippen LogP contribution >= 0.6 is 0 Å². The van der Waals surface area contributed by atoms with Gasteiger partial charge in [-0.15, -0.1) is 0 Å². The second kappa shape index (κ2) is 8.12. The summed E-state index contributed by atoms with van der Waals surface area (Å²) in [6, 6.07) is 5.35. The second-order valence-corrected chi connectivity index (χ2v) is 4.93. The van der Waals surface area contributed by atoms with Crippen LogP contribution in [0.15, 0.2) is 18.2 Å². The molecule has 1 aromatic carbocycles. The molecule has 21 heavy (non-hydrogen) atoms. The van der Waals surface area contributed by atoms with Crippen molar-refractivity contribution >= 4 is 0 Å². The first-order chi connectivity index (χ1) is 9.83. The minimum absolute atomic E-state index is 0.00441. The molecule has 0 saturated carbocycles. The van der Waals surface area contributed by atoms with Crippen molar-refractivity contribution < 1.29 is 22.6 Å². The van der Waals surface area contributed by atoms with Crippen molar-refractivity contribution in [3.63, 3.8) is 0 Å². The number of benzene rings is 1. The maximum Gasteiger partial charge on any atom is 0.389 e. The lowest BCUT2D eigenvalue weighted by Crippen LogP contribution is -2.18. The van der Waals surface area contributed by atoms with Crippen LogP contribution in [0.25, 0.3) is 0 Å². The smallest absolute Gasteiger partial charge is 0.389 e. The Morgan fingerprint density at radius 1 is 1.24 bits per heavy atom. The fraction of sp³-hybridized carbons (Fsp3) is 0.600. The van der Waals surface area contributed by atoms with E-state index >= 15 is 0 Å². The highest BCUT2D eigenvalue weighted by Gasteiger charge is 2.26. The van der Waals surface area contributed by atoms with Gasteiger partial charge in [-0.1, -0.05) is 12.1 Å². The molecule has 0 amide bonds. The number of halogens is 3. The molecule has 1 atom stereocenters. The van der Waals surface area contributed by atoms with Gasteiger partial charge in [0, 0.05) is 12.5 Å². The fourth-order valence-corrected chi connectivity index (χ4v) is 1.95. The molecule has 3 nitrogen and oxygen atoms in total. The van der Waals surface area contributed by atoms with Gasteiger partial charge in [0.05, 0.1) is 13.2 Å². The summed E-state index contributed by atoms with van der Waals surface area (Å²) in [6.07, 6.45) is -4.51. The quantitative estimate of drug-likeness (QED) is 0.745. The van der Waals surface area contributed by atoms with Gasteiger partial charge >= 0.3 is 6.18 Å². The summed E-state index contributed by atoms with van der Waals surface area (Å²) in [7, 11) is 0. The molecular weight excluding hydrogens is 283 g/mol. The van der Waals surface area contributed by atoms with Crippen LogP contribution in [0.1, 0.15) is 32.3 Å². The van der Waals surface area contributed by atoms with Crippen LogP contribution < -0.4 is 15.2 Å². The zero-order chi connectivity index (χ0) is 15.9. The highest BCUT2D eigenvalue weighted by atomic mass is 19.4. The summed E-state index contributed by atoms with van der Waals surface area (Å²) >= 11 is 0. The molecule has 0 spiro atoms. The lowest BCUT2D eigenvalue weighted by atomic mass is 10.1. The highest BCUT2D eigenvalue weighted by molar-refractivity contribution is 5.47. The Morgan fingerprint density at radius 3 is 2.52 bits per heavy atom. The Morgan fingerprint density at radius 2 is 1.95 bits per heavy atom. The third-order valence-electron chi connectivity index (χ3n) is 2.75. The molecule has 1 rings (SSSR count). The van der Waals surface area contributed by atoms with E-state index in [1.165, 1.54) is 0 Å². The van der Waals surface area contributed by atoms with E-state index in [1.54, 1.807) is 6.07 Å². The first kappa shape index (κ1) is 17.6. The standard InChI is InChI=1S/C15H22F3NO2/c1-3-20-13-7-4-6-12(10-11(2)19)14(13)21-9-5-8-15(16,17)18/h4,6-7,11H,3,5,8-10,19H2,1-2H3. The fourth-order valence-electron chi connectivity index (χ4n) is 1.95. The molecule has 0 radical (unpaired) electrons. The largest absolute Gasteiger partial charge is 0.490 e. The summed E-state index contributed by atoms with van der Waals surface area (Å²) in [5.74, 6) is 1.04. The molecular formula is C15H22F3NO2. The van der Waals surface area contributed by atoms with E-state index in [1.807, 2.05) is 26.0 Å². The van der Waals surface area contributed by atoms with Gasteiger partial charge in [-0.05, 0) is 38.3 Å². The molecule has 6 heteroatoms. The van der Waals surface area contributed by atoms with Gasteiger partial charge in [-0.25, -0.2) is 0 Å². The van der Waals surface area contributed by atoms with Crippen LogP contribution in [0.3, 0.4) is 0 Å². The van der Waals surface area contributed by atoms with Crippen LogP contribution in [0.4, 0.5) is 13.2 Å². The van der Waals surface area contributed by atoms with Gasteiger partial charge < -0.3 is 15.2 Å². The number of nitrogens with two attached hydrogens (primary N) is 1. The number of ether oxygens (including phenoxy) is 2. The van der Waals surface area contributed by atoms with Gasteiger partial charge in [0.1, 0.15) is 0 Å². The van der Waals surface area contributed by atoms with E-state index in [2.05, 4.69) is 0 Å². The van der Waals surface area contributed by atoms with E-state index in [4.69, 9.17) is 15.2 Å². The number of para-hydroxylation sites is 1. The first-order valence-electron chi connectivity index (χ1n) is 7.03. The lowest BCUT2D eigenvalue weighted by Gasteiger charge is -2.17. The van der Waals surface area contributed by atoms with E-state index in [9.17, 15) is 13.2 Å². The van der Waals surface area contributed by atoms with E-state index in [-0.39, 0.29) is 19.1 Å². The van der Waals surface area contributed by atoms with E-state index in [0.29, 0.717) is 24.5 Å². The molecule has 0 saturated heterocycles. The van der Waals surface area contributed by atoms with Gasteiger partial charge in [-0.3, -0.25) is 0 Å². The first-order valence-corrected chi connectivity index (χ1v) is 7.03. The average Bonchev–Trinajstić information content (AvgIpc) is 2.35. The van der Waals surface area contributed by atoms with Gasteiger partial charge in [0.2, 0.25) is 0 Å². The van der Waals surface area contributed by atoms with Gasteiger partial charge in [0.15, 0.2) is 11.5 Å². The molecule has 0 aliphatic heterocycles. The van der Waals surface area contributed by atoms with Crippen molar-refractivity contribution in [1.82, 2.24) is 0 Å². The molecule has 0 bridgehead atoms. The Hall–Kier alpha value is -1.43. The number of hydrogen-bond acceptors (Lipinski definition) is 3. The zero-order valence-corrected chi connectivity index (χ0v) is 12.4. The number of rotatable bonds is 8. The molecule has 1 aromatic rings. The topological polar surface area (TPSA) is 44.5 Å². The molecule has 0 heterocycles. The van der Waals surface area contributed by atoms with Crippen molar-refractivity contribution in [2.75, 3.05) is 13.2 Å². The van der Waals surface area contributed by atoms with E-state index in [0.717, 1.165) is 5.56 Å².